The van der Waals surface area contributed by atoms with E-state index in [1.54, 1.807) is 4.90 Å². The molecule has 4 N–H and O–H groups in total. The molecular formula is C39H62N6O7. The molecule has 6 atom stereocenters. The summed E-state index contributed by atoms with van der Waals surface area (Å²) in [7, 11) is 0. The van der Waals surface area contributed by atoms with E-state index in [0.717, 1.165) is 44.9 Å². The highest BCUT2D eigenvalue weighted by Crippen LogP contribution is 2.65. The molecule has 7 amide bonds. The van der Waals surface area contributed by atoms with Gasteiger partial charge >= 0.3 is 6.03 Å². The molecule has 13 heteroatoms. The fraction of sp³-hybridized carbons (Fsp3) is 0.821. The van der Waals surface area contributed by atoms with Gasteiger partial charge in [-0.05, 0) is 53.8 Å². The minimum atomic E-state index is -0.976. The van der Waals surface area contributed by atoms with E-state index in [-0.39, 0.29) is 60.4 Å². The third kappa shape index (κ3) is 9.34. The number of hydrogen-bond acceptors (Lipinski definition) is 7. The van der Waals surface area contributed by atoms with Crippen LogP contribution < -0.4 is 21.3 Å². The summed E-state index contributed by atoms with van der Waals surface area (Å²) < 4.78 is 0. The Morgan fingerprint density at radius 3 is 1.98 bits per heavy atom. The number of piperidine rings is 2. The van der Waals surface area contributed by atoms with Gasteiger partial charge in [0.1, 0.15) is 12.1 Å². The van der Waals surface area contributed by atoms with Crippen molar-refractivity contribution in [3.63, 3.8) is 0 Å². The van der Waals surface area contributed by atoms with Gasteiger partial charge in [0.15, 0.2) is 0 Å². The zero-order valence-corrected chi connectivity index (χ0v) is 32.4. The van der Waals surface area contributed by atoms with Crippen LogP contribution in [0.3, 0.4) is 0 Å². The maximum absolute atomic E-state index is 14.5. The second-order valence-electron chi connectivity index (χ2n) is 18.6. The van der Waals surface area contributed by atoms with Gasteiger partial charge in [-0.1, -0.05) is 93.4 Å². The van der Waals surface area contributed by atoms with E-state index in [2.05, 4.69) is 35.1 Å². The molecule has 5 fully saturated rings. The molecule has 0 spiro atoms. The third-order valence-corrected chi connectivity index (χ3v) is 12.2. The van der Waals surface area contributed by atoms with Gasteiger partial charge in [0, 0.05) is 32.0 Å². The molecule has 3 heterocycles. The van der Waals surface area contributed by atoms with Gasteiger partial charge in [-0.2, -0.15) is 0 Å². The van der Waals surface area contributed by atoms with Crippen molar-refractivity contribution in [2.45, 2.75) is 162 Å². The van der Waals surface area contributed by atoms with Gasteiger partial charge in [0.2, 0.25) is 29.4 Å². The number of carbonyl (C=O) groups excluding carboxylic acids is 7. The molecule has 0 aromatic carbocycles. The standard InChI is InChI=1S/C39H62N6O7/c1-37(2,3)27(22-44-28(46)19-38(4,5)20-29(44)47)43-36(52)42-26-16-14-12-10-8-9-11-13-15-25(32(48)34(50)40-23-17-18-23)41-33(49)31-30-24(39(30,6)7)21-45(31)35(26)51/h23-27,30-31H,8-22H2,1-7H3,(H,40,50)(H,41,49)(H2,42,43,52)/t24-,25+,26+,27+,30-,31-/m0/s1. The second kappa shape index (κ2) is 15.5. The Morgan fingerprint density at radius 1 is 0.827 bits per heavy atom. The van der Waals surface area contributed by atoms with Crippen LogP contribution in [-0.2, 0) is 28.8 Å². The van der Waals surface area contributed by atoms with Gasteiger partial charge in [-0.25, -0.2) is 4.79 Å². The van der Waals surface area contributed by atoms with Crippen LogP contribution in [0, 0.1) is 28.1 Å². The summed E-state index contributed by atoms with van der Waals surface area (Å²) in [5.41, 5.74) is -1.12. The fourth-order valence-corrected chi connectivity index (χ4v) is 8.51. The molecule has 3 saturated heterocycles. The highest BCUT2D eigenvalue weighted by molar-refractivity contribution is 6.38. The Kier molecular flexibility index (Phi) is 11.8. The summed E-state index contributed by atoms with van der Waals surface area (Å²) in [6, 6.07) is -3.88. The number of nitrogens with one attached hydrogen (secondary N) is 4. The Morgan fingerprint density at radius 2 is 1.40 bits per heavy atom. The van der Waals surface area contributed by atoms with Crippen LogP contribution in [0.2, 0.25) is 0 Å². The summed E-state index contributed by atoms with van der Waals surface area (Å²) in [5.74, 6) is -2.67. The lowest BCUT2D eigenvalue weighted by Gasteiger charge is -2.40. The van der Waals surface area contributed by atoms with Crippen LogP contribution in [0.1, 0.15) is 132 Å². The van der Waals surface area contributed by atoms with Crippen molar-refractivity contribution < 1.29 is 33.6 Å². The van der Waals surface area contributed by atoms with E-state index >= 15 is 0 Å². The number of Topliss-reactive ketones (excluding diaryl/α,β-unsaturated/α-hetero) is 1. The van der Waals surface area contributed by atoms with E-state index in [9.17, 15) is 33.6 Å². The monoisotopic (exact) mass is 726 g/mol. The summed E-state index contributed by atoms with van der Waals surface area (Å²) in [4.78, 5) is 97.3. The SMILES string of the molecule is CC1(C)CC(=O)N(C[C@@H](NC(=O)N[C@@H]2CCCCCCCCC[C@H](C(=O)C(=O)NC3CC3)NC(=O)[C@@H]3[C@@H]4[C@H](CN3C2=O)C4(C)C)C(C)(C)C)C(=O)C1. The number of rotatable bonds is 7. The summed E-state index contributed by atoms with van der Waals surface area (Å²) in [5, 5.41) is 11.6. The van der Waals surface area contributed by atoms with Crippen LogP contribution in [0.4, 0.5) is 4.79 Å². The molecule has 52 heavy (non-hydrogen) atoms. The van der Waals surface area contributed by atoms with Crippen molar-refractivity contribution >= 4 is 41.4 Å². The second-order valence-corrected chi connectivity index (χ2v) is 18.6. The van der Waals surface area contributed by atoms with Crippen LogP contribution in [0.5, 0.6) is 0 Å². The predicted molar refractivity (Wildman–Crippen MR) is 194 cm³/mol. The number of carbonyl (C=O) groups is 7. The first-order valence-corrected chi connectivity index (χ1v) is 19.7. The molecule has 5 aliphatic rings. The summed E-state index contributed by atoms with van der Waals surface area (Å²) in [6.45, 7) is 14.1. The predicted octanol–water partition coefficient (Wildman–Crippen LogP) is 3.58. The first-order chi connectivity index (χ1) is 24.3. The fourth-order valence-electron chi connectivity index (χ4n) is 8.51. The molecule has 2 aliphatic carbocycles. The number of hydrogen-bond donors (Lipinski definition) is 4. The van der Waals surface area contributed by atoms with E-state index in [4.69, 9.17) is 0 Å². The van der Waals surface area contributed by atoms with Gasteiger partial charge in [-0.15, -0.1) is 0 Å². The number of urea groups is 1. The molecule has 0 unspecified atom stereocenters. The molecule has 0 aromatic heterocycles. The number of fused-ring (bicyclic) bond motifs is 3. The number of amides is 7. The topological polar surface area (TPSA) is 174 Å². The van der Waals surface area contributed by atoms with E-state index in [1.807, 2.05) is 34.6 Å². The minimum absolute atomic E-state index is 0.0109. The van der Waals surface area contributed by atoms with Gasteiger partial charge in [-0.3, -0.25) is 33.7 Å². The van der Waals surface area contributed by atoms with Crippen LogP contribution in [0.15, 0.2) is 0 Å². The zero-order valence-electron chi connectivity index (χ0n) is 32.4. The molecule has 290 valence electrons. The van der Waals surface area contributed by atoms with E-state index in [0.29, 0.717) is 32.2 Å². The average molecular weight is 727 g/mol. The molecule has 2 saturated carbocycles. The molecule has 0 radical (unpaired) electrons. The molecule has 0 aromatic rings. The van der Waals surface area contributed by atoms with Gasteiger partial charge < -0.3 is 26.2 Å². The van der Waals surface area contributed by atoms with E-state index < -0.39 is 58.6 Å². The smallest absolute Gasteiger partial charge is 0.315 e. The first-order valence-electron chi connectivity index (χ1n) is 19.7. The van der Waals surface area contributed by atoms with Crippen LogP contribution in [0.25, 0.3) is 0 Å². The lowest BCUT2D eigenvalue weighted by atomic mass is 9.80. The lowest BCUT2D eigenvalue weighted by Crippen LogP contribution is -2.61. The van der Waals surface area contributed by atoms with Crippen LogP contribution in [-0.4, -0.2) is 94.4 Å². The van der Waals surface area contributed by atoms with Crippen molar-refractivity contribution in [2.24, 2.45) is 28.1 Å². The molecule has 13 nitrogen and oxygen atoms in total. The summed E-state index contributed by atoms with van der Waals surface area (Å²) >= 11 is 0. The van der Waals surface area contributed by atoms with Gasteiger partial charge in [0.25, 0.3) is 5.91 Å². The van der Waals surface area contributed by atoms with Crippen molar-refractivity contribution in [3.8, 4) is 0 Å². The van der Waals surface area contributed by atoms with Crippen molar-refractivity contribution in [1.82, 2.24) is 31.1 Å². The molecule has 5 rings (SSSR count). The zero-order chi connectivity index (χ0) is 38.2. The maximum atomic E-state index is 14.5. The average Bonchev–Trinajstić information content (AvgIpc) is 3.89. The minimum Gasteiger partial charge on any atom is -0.347 e. The summed E-state index contributed by atoms with van der Waals surface area (Å²) in [6.07, 6.45) is 8.95. The van der Waals surface area contributed by atoms with E-state index in [1.165, 1.54) is 4.90 Å². The number of ketones is 1. The van der Waals surface area contributed by atoms with Crippen molar-refractivity contribution in [3.05, 3.63) is 0 Å². The Labute approximate surface area is 308 Å². The number of nitrogens with zero attached hydrogens (tertiary/aromatic N) is 2. The maximum Gasteiger partial charge on any atom is 0.315 e. The Balaban J connectivity index is 1.33. The van der Waals surface area contributed by atoms with Crippen LogP contribution >= 0.6 is 0 Å². The number of likely N-dealkylation sites (tertiary alicyclic amines) is 1. The Bertz CT molecular complexity index is 1410. The Hall–Kier alpha value is -3.51. The highest BCUT2D eigenvalue weighted by Gasteiger charge is 2.69. The van der Waals surface area contributed by atoms with Crippen molar-refractivity contribution in [2.75, 3.05) is 13.1 Å². The normalized spacial score (nSPS) is 30.4. The van der Waals surface area contributed by atoms with Gasteiger partial charge in [0.05, 0.1) is 12.1 Å². The molecule has 3 aliphatic heterocycles. The number of imide groups is 1. The first kappa shape index (κ1) is 39.7. The molecular weight excluding hydrogens is 664 g/mol. The third-order valence-electron chi connectivity index (χ3n) is 12.2. The molecule has 0 bridgehead atoms. The lowest BCUT2D eigenvalue weighted by molar-refractivity contribution is -0.153. The quantitative estimate of drug-likeness (QED) is 0.229. The highest BCUT2D eigenvalue weighted by atomic mass is 16.2. The largest absolute Gasteiger partial charge is 0.347 e. The van der Waals surface area contributed by atoms with Crippen molar-refractivity contribution in [1.29, 1.82) is 0 Å².